The molecule has 2 aromatic heterocycles. The molecule has 0 amide bonds. The molecule has 0 unspecified atom stereocenters. The first-order valence-electron chi connectivity index (χ1n) is 8.04. The standard InChI is InChI=1S/C16H19F3N4O/c1-2-14-22-23-15(24-14)8-10-3-4-11(7-10)21-13-5-6-20-9-12(13)16(17,18)19/h5-6,9-11H,2-4,7-8H2,1H3,(H,20,21)/t10-,11+/m1/s1. The van der Waals surface area contributed by atoms with Crippen LogP contribution in [-0.4, -0.2) is 21.2 Å². The van der Waals surface area contributed by atoms with Crippen molar-refractivity contribution in [1.82, 2.24) is 15.2 Å². The van der Waals surface area contributed by atoms with Gasteiger partial charge in [-0.05, 0) is 31.2 Å². The van der Waals surface area contributed by atoms with Gasteiger partial charge >= 0.3 is 6.18 Å². The summed E-state index contributed by atoms with van der Waals surface area (Å²) in [5, 5.41) is 11.0. The van der Waals surface area contributed by atoms with E-state index in [4.69, 9.17) is 4.42 Å². The second-order valence-corrected chi connectivity index (χ2v) is 6.09. The number of anilines is 1. The highest BCUT2D eigenvalue weighted by Crippen LogP contribution is 2.36. The van der Waals surface area contributed by atoms with Crippen molar-refractivity contribution in [3.05, 3.63) is 35.8 Å². The molecule has 2 heterocycles. The van der Waals surface area contributed by atoms with Gasteiger partial charge in [-0.2, -0.15) is 13.2 Å². The largest absolute Gasteiger partial charge is 0.425 e. The Labute approximate surface area is 137 Å². The van der Waals surface area contributed by atoms with Gasteiger partial charge in [-0.1, -0.05) is 6.92 Å². The fourth-order valence-electron chi connectivity index (χ4n) is 3.12. The van der Waals surface area contributed by atoms with E-state index in [0.717, 1.165) is 25.5 Å². The molecule has 0 bridgehead atoms. The van der Waals surface area contributed by atoms with E-state index in [1.807, 2.05) is 6.92 Å². The zero-order valence-electron chi connectivity index (χ0n) is 13.3. The molecule has 5 nitrogen and oxygen atoms in total. The van der Waals surface area contributed by atoms with Crippen LogP contribution in [0.2, 0.25) is 0 Å². The van der Waals surface area contributed by atoms with Crippen molar-refractivity contribution in [3.63, 3.8) is 0 Å². The van der Waals surface area contributed by atoms with Crippen molar-refractivity contribution >= 4 is 5.69 Å². The van der Waals surface area contributed by atoms with Crippen LogP contribution in [-0.2, 0) is 19.0 Å². The molecule has 0 spiro atoms. The smallest absolute Gasteiger partial charge is 0.419 e. The van der Waals surface area contributed by atoms with E-state index < -0.39 is 11.7 Å². The fraction of sp³-hybridized carbons (Fsp3) is 0.562. The molecule has 1 N–H and O–H groups in total. The number of aromatic nitrogens is 3. The first kappa shape index (κ1) is 16.7. The minimum atomic E-state index is -4.41. The third-order valence-electron chi connectivity index (χ3n) is 4.30. The summed E-state index contributed by atoms with van der Waals surface area (Å²) in [6.07, 6.45) is 1.72. The summed E-state index contributed by atoms with van der Waals surface area (Å²) < 4.78 is 44.6. The first-order chi connectivity index (χ1) is 11.5. The molecule has 1 aliphatic rings. The predicted molar refractivity (Wildman–Crippen MR) is 81.4 cm³/mol. The van der Waals surface area contributed by atoms with Crippen molar-refractivity contribution in [2.75, 3.05) is 5.32 Å². The maximum absolute atomic E-state index is 13.0. The van der Waals surface area contributed by atoms with Crippen LogP contribution in [0.25, 0.3) is 0 Å². The zero-order valence-corrected chi connectivity index (χ0v) is 13.3. The van der Waals surface area contributed by atoms with Crippen LogP contribution >= 0.6 is 0 Å². The number of alkyl halides is 3. The van der Waals surface area contributed by atoms with Crippen LogP contribution in [0.4, 0.5) is 18.9 Å². The lowest BCUT2D eigenvalue weighted by Gasteiger charge is -2.18. The van der Waals surface area contributed by atoms with Gasteiger partial charge in [0.15, 0.2) is 0 Å². The van der Waals surface area contributed by atoms with Crippen LogP contribution in [0.1, 0.15) is 43.5 Å². The average molecular weight is 340 g/mol. The lowest BCUT2D eigenvalue weighted by molar-refractivity contribution is -0.137. The number of nitrogens with zero attached hydrogens (tertiary/aromatic N) is 3. The molecular formula is C16H19F3N4O. The molecule has 0 saturated heterocycles. The normalized spacial score (nSPS) is 21.2. The van der Waals surface area contributed by atoms with Gasteiger partial charge in [0.1, 0.15) is 0 Å². The SMILES string of the molecule is CCc1nnc(C[C@@H]2CC[C@H](Nc3ccncc3C(F)(F)F)C2)o1. The number of aryl methyl sites for hydroxylation is 1. The number of hydrogen-bond acceptors (Lipinski definition) is 5. The van der Waals surface area contributed by atoms with E-state index in [0.29, 0.717) is 30.5 Å². The van der Waals surface area contributed by atoms with Crippen molar-refractivity contribution < 1.29 is 17.6 Å². The quantitative estimate of drug-likeness (QED) is 0.895. The Morgan fingerprint density at radius 3 is 2.75 bits per heavy atom. The minimum absolute atomic E-state index is 0.00654. The summed E-state index contributed by atoms with van der Waals surface area (Å²) in [5.74, 6) is 1.56. The van der Waals surface area contributed by atoms with E-state index in [2.05, 4.69) is 20.5 Å². The summed E-state index contributed by atoms with van der Waals surface area (Å²) in [6.45, 7) is 1.94. The van der Waals surface area contributed by atoms with Gasteiger partial charge in [0.25, 0.3) is 0 Å². The maximum atomic E-state index is 13.0. The molecular weight excluding hydrogens is 321 g/mol. The Balaban J connectivity index is 1.60. The van der Waals surface area contributed by atoms with Crippen LogP contribution in [0.3, 0.4) is 0 Å². The van der Waals surface area contributed by atoms with Crippen molar-refractivity contribution in [1.29, 1.82) is 0 Å². The van der Waals surface area contributed by atoms with Crippen molar-refractivity contribution in [3.8, 4) is 0 Å². The second kappa shape index (κ2) is 6.78. The highest BCUT2D eigenvalue weighted by atomic mass is 19.4. The van der Waals surface area contributed by atoms with Gasteiger partial charge in [0.05, 0.1) is 5.56 Å². The molecule has 2 atom stereocenters. The monoisotopic (exact) mass is 340 g/mol. The number of nitrogens with one attached hydrogen (secondary N) is 1. The van der Waals surface area contributed by atoms with Crippen LogP contribution in [0.15, 0.2) is 22.9 Å². The predicted octanol–water partition coefficient (Wildman–Crippen LogP) is 3.87. The second-order valence-electron chi connectivity index (χ2n) is 6.09. The number of halogens is 3. The lowest BCUT2D eigenvalue weighted by atomic mass is 10.0. The molecule has 1 saturated carbocycles. The van der Waals surface area contributed by atoms with Crippen LogP contribution in [0, 0.1) is 5.92 Å². The van der Waals surface area contributed by atoms with E-state index in [9.17, 15) is 13.2 Å². The summed E-state index contributed by atoms with van der Waals surface area (Å²) in [4.78, 5) is 3.58. The molecule has 0 aliphatic heterocycles. The van der Waals surface area contributed by atoms with Gasteiger partial charge in [0.2, 0.25) is 11.8 Å². The van der Waals surface area contributed by atoms with E-state index in [-0.39, 0.29) is 11.7 Å². The van der Waals surface area contributed by atoms with Gasteiger partial charge in [-0.25, -0.2) is 0 Å². The molecule has 130 valence electrons. The molecule has 24 heavy (non-hydrogen) atoms. The third-order valence-corrected chi connectivity index (χ3v) is 4.30. The molecule has 8 heteroatoms. The Morgan fingerprint density at radius 1 is 1.25 bits per heavy atom. The number of hydrogen-bond donors (Lipinski definition) is 1. The van der Waals surface area contributed by atoms with Crippen LogP contribution < -0.4 is 5.32 Å². The number of rotatable bonds is 5. The highest BCUT2D eigenvalue weighted by molar-refractivity contribution is 5.51. The molecule has 2 aromatic rings. The molecule has 1 fully saturated rings. The zero-order chi connectivity index (χ0) is 17.2. The van der Waals surface area contributed by atoms with Crippen molar-refractivity contribution in [2.24, 2.45) is 5.92 Å². The summed E-state index contributed by atoms with van der Waals surface area (Å²) >= 11 is 0. The van der Waals surface area contributed by atoms with E-state index in [1.54, 1.807) is 0 Å². The van der Waals surface area contributed by atoms with Crippen molar-refractivity contribution in [2.45, 2.75) is 51.2 Å². The molecule has 1 aliphatic carbocycles. The van der Waals surface area contributed by atoms with Gasteiger partial charge in [0, 0.05) is 37.0 Å². The Kier molecular flexibility index (Phi) is 4.73. The summed E-state index contributed by atoms with van der Waals surface area (Å²) in [7, 11) is 0. The third kappa shape index (κ3) is 3.85. The summed E-state index contributed by atoms with van der Waals surface area (Å²) in [6, 6.07) is 1.38. The van der Waals surface area contributed by atoms with Gasteiger partial charge in [-0.15, -0.1) is 10.2 Å². The Hall–Kier alpha value is -2.12. The van der Waals surface area contributed by atoms with E-state index in [1.165, 1.54) is 12.3 Å². The maximum Gasteiger partial charge on any atom is 0.419 e. The Morgan fingerprint density at radius 2 is 2.04 bits per heavy atom. The highest BCUT2D eigenvalue weighted by Gasteiger charge is 2.35. The van der Waals surface area contributed by atoms with Gasteiger partial charge in [-0.3, -0.25) is 4.98 Å². The molecule has 0 radical (unpaired) electrons. The lowest BCUT2D eigenvalue weighted by Crippen LogP contribution is -2.19. The topological polar surface area (TPSA) is 63.8 Å². The van der Waals surface area contributed by atoms with Gasteiger partial charge < -0.3 is 9.73 Å². The molecule has 3 rings (SSSR count). The Bertz CT molecular complexity index is 686. The van der Waals surface area contributed by atoms with Crippen LogP contribution in [0.5, 0.6) is 0 Å². The minimum Gasteiger partial charge on any atom is -0.425 e. The molecule has 0 aromatic carbocycles. The summed E-state index contributed by atoms with van der Waals surface area (Å²) in [5.41, 5.74) is -0.632. The fourth-order valence-corrected chi connectivity index (χ4v) is 3.12. The first-order valence-corrected chi connectivity index (χ1v) is 8.04. The number of pyridine rings is 1. The average Bonchev–Trinajstić information content (AvgIpc) is 3.16. The van der Waals surface area contributed by atoms with E-state index >= 15 is 0 Å².